The van der Waals surface area contributed by atoms with Gasteiger partial charge >= 0.3 is 0 Å². The van der Waals surface area contributed by atoms with E-state index in [0.29, 0.717) is 17.1 Å². The van der Waals surface area contributed by atoms with Gasteiger partial charge in [0.15, 0.2) is 10.9 Å². The third-order valence-electron chi connectivity index (χ3n) is 4.20. The summed E-state index contributed by atoms with van der Waals surface area (Å²) in [7, 11) is 3.26. The van der Waals surface area contributed by atoms with Gasteiger partial charge in [-0.1, -0.05) is 11.8 Å². The fourth-order valence-electron chi connectivity index (χ4n) is 2.67. The van der Waals surface area contributed by atoms with Crippen molar-refractivity contribution < 1.29 is 14.5 Å². The number of hydrogen-bond acceptors (Lipinski definition) is 7. The highest BCUT2D eigenvalue weighted by Gasteiger charge is 2.13. The number of nitro benzene ring substituents is 1. The lowest BCUT2D eigenvalue weighted by molar-refractivity contribution is -0.384. The average molecular weight is 429 g/mol. The van der Waals surface area contributed by atoms with Gasteiger partial charge in [-0.05, 0) is 12.1 Å². The second kappa shape index (κ2) is 9.27. The van der Waals surface area contributed by atoms with Gasteiger partial charge in [-0.3, -0.25) is 19.7 Å². The van der Waals surface area contributed by atoms with Gasteiger partial charge in [-0.25, -0.2) is 4.98 Å². The minimum absolute atomic E-state index is 0.0632. The van der Waals surface area contributed by atoms with Crippen molar-refractivity contribution >= 4 is 29.0 Å². The van der Waals surface area contributed by atoms with Crippen LogP contribution in [0.5, 0.6) is 5.75 Å². The van der Waals surface area contributed by atoms with Gasteiger partial charge in [0.25, 0.3) is 5.69 Å². The molecule has 0 bridgehead atoms. The fourth-order valence-corrected chi connectivity index (χ4v) is 3.60. The number of carbonyl (C=O) groups excluding carboxylic acids is 1. The molecule has 0 aliphatic rings. The van der Waals surface area contributed by atoms with Crippen molar-refractivity contribution in [3.05, 3.63) is 75.0 Å². The average Bonchev–Trinajstić information content (AvgIpc) is 3.13. The van der Waals surface area contributed by atoms with E-state index < -0.39 is 4.92 Å². The number of nitrogens with one attached hydrogen (secondary N) is 1. The number of aryl methyl sites for hydroxylation is 1. The number of thioether (sulfide) groups is 1. The van der Waals surface area contributed by atoms with E-state index in [1.807, 2.05) is 17.8 Å². The maximum absolute atomic E-state index is 12.5. The molecule has 0 fully saturated rings. The van der Waals surface area contributed by atoms with E-state index in [4.69, 9.17) is 4.74 Å². The van der Waals surface area contributed by atoms with Crippen LogP contribution in [0.1, 0.15) is 5.69 Å². The first-order valence-corrected chi connectivity index (χ1v) is 9.77. The summed E-state index contributed by atoms with van der Waals surface area (Å²) in [6.07, 6.45) is 4.99. The molecule has 1 N–H and O–H groups in total. The van der Waals surface area contributed by atoms with Crippen LogP contribution in [0.25, 0.3) is 0 Å². The van der Waals surface area contributed by atoms with E-state index in [9.17, 15) is 19.7 Å². The SMILES string of the molecule is COc1cn(CC(=O)Nc2ccc([N+](=O)[O-])cc2)c(CSc2nccn2C)cc1=O. The summed E-state index contributed by atoms with van der Waals surface area (Å²) in [6, 6.07) is 6.98. The number of carbonyl (C=O) groups is 1. The Balaban J connectivity index is 1.77. The number of aromatic nitrogens is 3. The molecule has 1 amide bonds. The normalized spacial score (nSPS) is 10.6. The molecule has 0 aliphatic heterocycles. The highest BCUT2D eigenvalue weighted by atomic mass is 32.2. The first kappa shape index (κ1) is 21.1. The molecule has 156 valence electrons. The number of nitrogens with zero attached hydrogens (tertiary/aromatic N) is 4. The number of benzene rings is 1. The molecule has 2 aromatic heterocycles. The Labute approximate surface area is 175 Å². The smallest absolute Gasteiger partial charge is 0.269 e. The summed E-state index contributed by atoms with van der Waals surface area (Å²) < 4.78 is 8.59. The monoisotopic (exact) mass is 429 g/mol. The Morgan fingerprint density at radius 2 is 2.07 bits per heavy atom. The fraction of sp³-hybridized carbons (Fsp3) is 0.211. The molecule has 11 heteroatoms. The van der Waals surface area contributed by atoms with E-state index in [2.05, 4.69) is 10.3 Å². The van der Waals surface area contributed by atoms with Crippen LogP contribution in [0.3, 0.4) is 0 Å². The number of methoxy groups -OCH3 is 1. The second-order valence-corrected chi connectivity index (χ2v) is 7.23. The molecule has 2 heterocycles. The Hall–Kier alpha value is -3.60. The predicted octanol–water partition coefficient (Wildman–Crippen LogP) is 2.43. The van der Waals surface area contributed by atoms with Crippen LogP contribution < -0.4 is 15.5 Å². The van der Waals surface area contributed by atoms with Crippen molar-refractivity contribution in [1.29, 1.82) is 0 Å². The van der Waals surface area contributed by atoms with E-state index in [1.165, 1.54) is 55.4 Å². The first-order chi connectivity index (χ1) is 14.4. The van der Waals surface area contributed by atoms with Gasteiger partial charge in [0.1, 0.15) is 6.54 Å². The van der Waals surface area contributed by atoms with Crippen molar-refractivity contribution in [2.45, 2.75) is 17.5 Å². The first-order valence-electron chi connectivity index (χ1n) is 8.79. The lowest BCUT2D eigenvalue weighted by atomic mass is 10.3. The molecule has 0 saturated heterocycles. The molecule has 0 radical (unpaired) electrons. The maximum atomic E-state index is 12.5. The quantitative estimate of drug-likeness (QED) is 0.332. The third kappa shape index (κ3) is 5.06. The largest absolute Gasteiger partial charge is 0.491 e. The zero-order valence-corrected chi connectivity index (χ0v) is 17.1. The summed E-state index contributed by atoms with van der Waals surface area (Å²) >= 11 is 1.43. The standard InChI is InChI=1S/C19H19N5O5S/c1-22-8-7-20-19(22)30-12-15-9-16(25)17(29-2)10-23(15)11-18(26)21-13-3-5-14(6-4-13)24(27)28/h3-10H,11-12H2,1-2H3,(H,21,26). The van der Waals surface area contributed by atoms with E-state index >= 15 is 0 Å². The number of rotatable bonds is 8. The van der Waals surface area contributed by atoms with Gasteiger partial charge in [0.05, 0.1) is 18.2 Å². The molecular weight excluding hydrogens is 410 g/mol. The highest BCUT2D eigenvalue weighted by molar-refractivity contribution is 7.98. The molecule has 30 heavy (non-hydrogen) atoms. The van der Waals surface area contributed by atoms with Gasteiger partial charge in [-0.2, -0.15) is 0 Å². The summed E-state index contributed by atoms with van der Waals surface area (Å²) in [5, 5.41) is 14.2. The molecule has 0 unspecified atom stereocenters. The zero-order chi connectivity index (χ0) is 21.7. The van der Waals surface area contributed by atoms with E-state index in [1.54, 1.807) is 10.8 Å². The summed E-state index contributed by atoms with van der Waals surface area (Å²) in [5.41, 5.74) is 0.724. The van der Waals surface area contributed by atoms with Crippen LogP contribution in [0.2, 0.25) is 0 Å². The minimum Gasteiger partial charge on any atom is -0.491 e. The van der Waals surface area contributed by atoms with E-state index in [-0.39, 0.29) is 29.3 Å². The van der Waals surface area contributed by atoms with E-state index in [0.717, 1.165) is 5.16 Å². The zero-order valence-electron chi connectivity index (χ0n) is 16.3. The molecule has 0 atom stereocenters. The van der Waals surface area contributed by atoms with Crippen LogP contribution >= 0.6 is 11.8 Å². The molecule has 10 nitrogen and oxygen atoms in total. The van der Waals surface area contributed by atoms with Crippen LogP contribution in [-0.4, -0.2) is 32.1 Å². The maximum Gasteiger partial charge on any atom is 0.269 e. The number of hydrogen-bond donors (Lipinski definition) is 1. The van der Waals surface area contributed by atoms with Gasteiger partial charge < -0.3 is 19.2 Å². The molecule has 0 spiro atoms. The molecule has 0 aliphatic carbocycles. The van der Waals surface area contributed by atoms with Crippen molar-refractivity contribution in [2.24, 2.45) is 7.05 Å². The molecular formula is C19H19N5O5S. The molecule has 1 aromatic carbocycles. The number of amides is 1. The summed E-state index contributed by atoms with van der Waals surface area (Å²) in [5.74, 6) is 0.205. The topological polar surface area (TPSA) is 121 Å². The number of non-ortho nitro benzene ring substituents is 1. The Kier molecular flexibility index (Phi) is 6.52. The number of imidazole rings is 1. The highest BCUT2D eigenvalue weighted by Crippen LogP contribution is 2.21. The molecule has 3 aromatic rings. The Morgan fingerprint density at radius 1 is 1.33 bits per heavy atom. The predicted molar refractivity (Wildman–Crippen MR) is 112 cm³/mol. The number of pyridine rings is 1. The number of ether oxygens (including phenoxy) is 1. The molecule has 0 saturated carbocycles. The van der Waals surface area contributed by atoms with Crippen molar-refractivity contribution in [1.82, 2.24) is 14.1 Å². The van der Waals surface area contributed by atoms with Gasteiger partial charge in [0.2, 0.25) is 11.3 Å². The number of nitro groups is 1. The van der Waals surface area contributed by atoms with Crippen LogP contribution in [0.15, 0.2) is 58.9 Å². The van der Waals surface area contributed by atoms with Crippen LogP contribution in [0, 0.1) is 10.1 Å². The van der Waals surface area contributed by atoms with Crippen molar-refractivity contribution in [2.75, 3.05) is 12.4 Å². The second-order valence-electron chi connectivity index (χ2n) is 6.29. The van der Waals surface area contributed by atoms with Gasteiger partial charge in [-0.15, -0.1) is 0 Å². The van der Waals surface area contributed by atoms with Crippen LogP contribution in [-0.2, 0) is 24.1 Å². The van der Waals surface area contributed by atoms with Gasteiger partial charge in [0, 0.05) is 54.8 Å². The summed E-state index contributed by atoms with van der Waals surface area (Å²) in [4.78, 5) is 39.2. The minimum atomic E-state index is -0.510. The Morgan fingerprint density at radius 3 is 2.67 bits per heavy atom. The van der Waals surface area contributed by atoms with Crippen molar-refractivity contribution in [3.63, 3.8) is 0 Å². The lowest BCUT2D eigenvalue weighted by Gasteiger charge is -2.15. The van der Waals surface area contributed by atoms with Crippen LogP contribution in [0.4, 0.5) is 11.4 Å². The van der Waals surface area contributed by atoms with Crippen molar-refractivity contribution in [3.8, 4) is 5.75 Å². The number of anilines is 1. The lowest BCUT2D eigenvalue weighted by Crippen LogP contribution is -2.22. The summed E-state index contributed by atoms with van der Waals surface area (Å²) in [6.45, 7) is -0.0654. The molecule has 3 rings (SSSR count). The third-order valence-corrected chi connectivity index (χ3v) is 5.30. The Bertz CT molecular complexity index is 1120.